The molecule has 0 atom stereocenters. The molecule has 174 valence electrons. The highest BCUT2D eigenvalue weighted by Crippen LogP contribution is 2.26. The van der Waals surface area contributed by atoms with Crippen LogP contribution in [0.5, 0.6) is 0 Å². The highest BCUT2D eigenvalue weighted by Gasteiger charge is 2.18. The van der Waals surface area contributed by atoms with Crippen molar-refractivity contribution in [3.63, 3.8) is 0 Å². The maximum atomic E-state index is 13.1. The highest BCUT2D eigenvalue weighted by atomic mass is 16.3. The highest BCUT2D eigenvalue weighted by molar-refractivity contribution is 6.04. The van der Waals surface area contributed by atoms with Crippen molar-refractivity contribution < 1.29 is 9.21 Å². The molecular formula is C27H24N6O2. The zero-order valence-electron chi connectivity index (χ0n) is 19.5. The Hall–Kier alpha value is -4.46. The molecule has 0 aliphatic carbocycles. The SMILES string of the molecule is Cc1cc(C)c2oc(Cn3nc(C(=O)NCCc4nnc5ccccn45)c4ccccc43)cc2c1. The van der Waals surface area contributed by atoms with Crippen molar-refractivity contribution in [2.24, 2.45) is 0 Å². The van der Waals surface area contributed by atoms with E-state index in [9.17, 15) is 4.79 Å². The van der Waals surface area contributed by atoms with Crippen molar-refractivity contribution in [3.8, 4) is 0 Å². The average molecular weight is 465 g/mol. The number of aromatic nitrogens is 5. The third-order valence-electron chi connectivity index (χ3n) is 6.19. The molecule has 0 saturated carbocycles. The van der Waals surface area contributed by atoms with Crippen molar-refractivity contribution in [2.75, 3.05) is 6.54 Å². The van der Waals surface area contributed by atoms with Crippen LogP contribution in [0.15, 0.2) is 71.3 Å². The van der Waals surface area contributed by atoms with Crippen molar-refractivity contribution in [3.05, 3.63) is 95.3 Å². The molecule has 0 unspecified atom stereocenters. The van der Waals surface area contributed by atoms with Crippen LogP contribution in [0.1, 0.15) is 33.2 Å². The van der Waals surface area contributed by atoms with Crippen LogP contribution in [0.25, 0.3) is 27.5 Å². The smallest absolute Gasteiger partial charge is 0.272 e. The largest absolute Gasteiger partial charge is 0.459 e. The van der Waals surface area contributed by atoms with Gasteiger partial charge >= 0.3 is 0 Å². The fourth-order valence-corrected chi connectivity index (χ4v) is 4.64. The van der Waals surface area contributed by atoms with Gasteiger partial charge in [-0.15, -0.1) is 10.2 Å². The Balaban J connectivity index is 1.24. The number of aryl methyl sites for hydroxylation is 2. The topological polar surface area (TPSA) is 90.2 Å². The molecule has 0 saturated heterocycles. The monoisotopic (exact) mass is 464 g/mol. The molecule has 0 fully saturated rings. The van der Waals surface area contributed by atoms with Gasteiger partial charge in [-0.3, -0.25) is 13.9 Å². The van der Waals surface area contributed by atoms with Crippen LogP contribution in [-0.4, -0.2) is 36.8 Å². The van der Waals surface area contributed by atoms with E-state index in [4.69, 9.17) is 4.42 Å². The summed E-state index contributed by atoms with van der Waals surface area (Å²) in [7, 11) is 0. The fraction of sp³-hybridized carbons (Fsp3) is 0.185. The van der Waals surface area contributed by atoms with Crippen molar-refractivity contribution in [1.29, 1.82) is 0 Å². The zero-order valence-corrected chi connectivity index (χ0v) is 19.5. The second-order valence-electron chi connectivity index (χ2n) is 8.79. The number of benzene rings is 2. The summed E-state index contributed by atoms with van der Waals surface area (Å²) in [5, 5.41) is 17.9. The summed E-state index contributed by atoms with van der Waals surface area (Å²) in [6.45, 7) is 5.00. The quantitative estimate of drug-likeness (QED) is 0.393. The van der Waals surface area contributed by atoms with E-state index in [0.717, 1.165) is 44.7 Å². The molecule has 0 bridgehead atoms. The summed E-state index contributed by atoms with van der Waals surface area (Å²) >= 11 is 0. The van der Waals surface area contributed by atoms with Gasteiger partial charge in [0, 0.05) is 29.9 Å². The fourth-order valence-electron chi connectivity index (χ4n) is 4.64. The van der Waals surface area contributed by atoms with Gasteiger partial charge in [-0.1, -0.05) is 35.9 Å². The van der Waals surface area contributed by atoms with Gasteiger partial charge in [-0.25, -0.2) is 0 Å². The minimum atomic E-state index is -0.218. The molecule has 8 nitrogen and oxygen atoms in total. The number of nitrogens with zero attached hydrogens (tertiary/aromatic N) is 5. The van der Waals surface area contributed by atoms with Crippen molar-refractivity contribution in [1.82, 2.24) is 29.7 Å². The Morgan fingerprint density at radius 1 is 1.03 bits per heavy atom. The van der Waals surface area contributed by atoms with E-state index in [2.05, 4.69) is 52.7 Å². The van der Waals surface area contributed by atoms with Gasteiger partial charge < -0.3 is 9.73 Å². The number of rotatable bonds is 6. The molecule has 4 aromatic heterocycles. The number of carbonyl (C=O) groups is 1. The van der Waals surface area contributed by atoms with Crippen LogP contribution in [0.2, 0.25) is 0 Å². The summed E-state index contributed by atoms with van der Waals surface area (Å²) in [6, 6.07) is 19.8. The Kier molecular flexibility index (Phi) is 5.06. The lowest BCUT2D eigenvalue weighted by Crippen LogP contribution is -2.27. The summed E-state index contributed by atoms with van der Waals surface area (Å²) in [6.07, 6.45) is 2.48. The van der Waals surface area contributed by atoms with Gasteiger partial charge in [-0.2, -0.15) is 5.10 Å². The number of furan rings is 1. The maximum absolute atomic E-state index is 13.1. The number of fused-ring (bicyclic) bond motifs is 3. The number of amides is 1. The number of nitrogens with one attached hydrogen (secondary N) is 1. The van der Waals surface area contributed by atoms with E-state index in [0.29, 0.717) is 25.2 Å². The molecule has 35 heavy (non-hydrogen) atoms. The normalized spacial score (nSPS) is 11.6. The standard InChI is InChI=1S/C27H24N6O2/c1-17-13-18(2)26-19(14-17)15-20(35-26)16-33-22-8-4-3-7-21(22)25(31-33)27(34)28-11-10-24-30-29-23-9-5-6-12-32(23)24/h3-9,12-15H,10-11,16H2,1-2H3,(H,28,34). The van der Waals surface area contributed by atoms with Crippen LogP contribution in [0.3, 0.4) is 0 Å². The molecule has 4 heterocycles. The molecule has 1 amide bonds. The lowest BCUT2D eigenvalue weighted by Gasteiger charge is -2.03. The first-order valence-electron chi connectivity index (χ1n) is 11.6. The number of pyridine rings is 1. The van der Waals surface area contributed by atoms with Crippen LogP contribution in [0.4, 0.5) is 0 Å². The zero-order chi connectivity index (χ0) is 23.9. The van der Waals surface area contributed by atoms with Crippen molar-refractivity contribution in [2.45, 2.75) is 26.8 Å². The van der Waals surface area contributed by atoms with Crippen LogP contribution >= 0.6 is 0 Å². The molecule has 0 spiro atoms. The Labute approximate surface area is 201 Å². The lowest BCUT2D eigenvalue weighted by atomic mass is 10.1. The molecule has 8 heteroatoms. The van der Waals surface area contributed by atoms with Crippen molar-refractivity contribution >= 4 is 33.4 Å². The molecule has 6 rings (SSSR count). The molecular weight excluding hydrogens is 440 g/mol. The van der Waals surface area contributed by atoms with Gasteiger partial charge in [0.25, 0.3) is 5.91 Å². The summed E-state index contributed by atoms with van der Waals surface area (Å²) in [5.74, 6) is 1.38. The number of hydrogen-bond donors (Lipinski definition) is 1. The second kappa shape index (κ2) is 8.39. The van der Waals surface area contributed by atoms with Gasteiger partial charge in [0.1, 0.15) is 17.2 Å². The van der Waals surface area contributed by atoms with E-state index >= 15 is 0 Å². The first-order chi connectivity index (χ1) is 17.1. The minimum absolute atomic E-state index is 0.218. The predicted molar refractivity (Wildman–Crippen MR) is 134 cm³/mol. The molecule has 0 aliphatic rings. The number of carbonyl (C=O) groups excluding carboxylic acids is 1. The molecule has 1 N–H and O–H groups in total. The maximum Gasteiger partial charge on any atom is 0.272 e. The van der Waals surface area contributed by atoms with Gasteiger partial charge in [0.2, 0.25) is 0 Å². The molecule has 0 aliphatic heterocycles. The van der Waals surface area contributed by atoms with Crippen LogP contribution < -0.4 is 5.32 Å². The first kappa shape index (κ1) is 21.1. The molecule has 2 aromatic carbocycles. The van der Waals surface area contributed by atoms with E-state index in [1.165, 1.54) is 5.56 Å². The van der Waals surface area contributed by atoms with Gasteiger partial charge in [-0.05, 0) is 49.7 Å². The van der Waals surface area contributed by atoms with Crippen LogP contribution in [0, 0.1) is 13.8 Å². The summed E-state index contributed by atoms with van der Waals surface area (Å²) in [5.41, 5.74) is 5.27. The second-order valence-corrected chi connectivity index (χ2v) is 8.79. The third-order valence-corrected chi connectivity index (χ3v) is 6.19. The van der Waals surface area contributed by atoms with E-state index in [1.807, 2.05) is 57.7 Å². The summed E-state index contributed by atoms with van der Waals surface area (Å²) in [4.78, 5) is 13.1. The number of hydrogen-bond acceptors (Lipinski definition) is 5. The van der Waals surface area contributed by atoms with Crippen LogP contribution in [-0.2, 0) is 13.0 Å². The van der Waals surface area contributed by atoms with Gasteiger partial charge in [0.15, 0.2) is 11.3 Å². The van der Waals surface area contributed by atoms with E-state index in [-0.39, 0.29) is 5.91 Å². The first-order valence-corrected chi connectivity index (χ1v) is 11.6. The third kappa shape index (κ3) is 3.82. The average Bonchev–Trinajstić information content (AvgIpc) is 3.55. The van der Waals surface area contributed by atoms with Gasteiger partial charge in [0.05, 0.1) is 12.1 Å². The summed E-state index contributed by atoms with van der Waals surface area (Å²) < 4.78 is 9.89. The van der Waals surface area contributed by atoms with E-state index in [1.54, 1.807) is 0 Å². The Morgan fingerprint density at radius 3 is 2.80 bits per heavy atom. The minimum Gasteiger partial charge on any atom is -0.459 e. The molecule has 0 radical (unpaired) electrons. The Bertz CT molecular complexity index is 1710. The number of para-hydroxylation sites is 1. The lowest BCUT2D eigenvalue weighted by molar-refractivity contribution is 0.0949. The Morgan fingerprint density at radius 2 is 1.89 bits per heavy atom. The molecule has 6 aromatic rings. The predicted octanol–water partition coefficient (Wildman–Crippen LogP) is 4.46. The van der Waals surface area contributed by atoms with E-state index < -0.39 is 0 Å².